The maximum absolute atomic E-state index is 12.9. The molecule has 0 aliphatic carbocycles. The van der Waals surface area contributed by atoms with E-state index in [4.69, 9.17) is 4.74 Å². The molecule has 1 heterocycles. The van der Waals surface area contributed by atoms with Crippen LogP contribution in [0.5, 0.6) is 5.75 Å². The number of benzene rings is 3. The summed E-state index contributed by atoms with van der Waals surface area (Å²) in [4.78, 5) is 17.1. The maximum atomic E-state index is 12.9. The smallest absolute Gasteiger partial charge is 0.261 e. The normalized spacial score (nSPS) is 14.2. The van der Waals surface area contributed by atoms with Crippen molar-refractivity contribution in [2.45, 2.75) is 4.90 Å². The van der Waals surface area contributed by atoms with E-state index in [-0.39, 0.29) is 10.8 Å². The molecule has 1 N–H and O–H groups in total. The molecule has 8 heteroatoms. The Hall–Kier alpha value is -3.52. The first-order valence-corrected chi connectivity index (χ1v) is 11.8. The first kappa shape index (κ1) is 21.7. The first-order chi connectivity index (χ1) is 15.5. The molecule has 7 nitrogen and oxygen atoms in total. The van der Waals surface area contributed by atoms with Crippen LogP contribution in [-0.2, 0) is 10.0 Å². The van der Waals surface area contributed by atoms with E-state index in [0.29, 0.717) is 37.4 Å². The van der Waals surface area contributed by atoms with Crippen molar-refractivity contribution in [2.24, 2.45) is 0 Å². The molecule has 32 heavy (non-hydrogen) atoms. The lowest BCUT2D eigenvalue weighted by Crippen LogP contribution is -2.48. The van der Waals surface area contributed by atoms with Gasteiger partial charge in [0.25, 0.3) is 15.9 Å². The lowest BCUT2D eigenvalue weighted by Gasteiger charge is -2.36. The van der Waals surface area contributed by atoms with Crippen LogP contribution in [0.15, 0.2) is 83.8 Å². The summed E-state index contributed by atoms with van der Waals surface area (Å²) in [5.74, 6) is 0.753. The van der Waals surface area contributed by atoms with Crippen molar-refractivity contribution in [1.29, 1.82) is 0 Å². The van der Waals surface area contributed by atoms with Crippen LogP contribution in [0.25, 0.3) is 0 Å². The monoisotopic (exact) mass is 451 g/mol. The van der Waals surface area contributed by atoms with Crippen molar-refractivity contribution >= 4 is 27.3 Å². The van der Waals surface area contributed by atoms with Gasteiger partial charge in [-0.15, -0.1) is 0 Å². The molecule has 166 valence electrons. The second-order valence-electron chi connectivity index (χ2n) is 7.45. The van der Waals surface area contributed by atoms with Gasteiger partial charge in [-0.1, -0.05) is 30.3 Å². The summed E-state index contributed by atoms with van der Waals surface area (Å²) < 4.78 is 32.9. The van der Waals surface area contributed by atoms with Crippen molar-refractivity contribution in [3.05, 3.63) is 84.4 Å². The average molecular weight is 452 g/mol. The molecule has 0 aromatic heterocycles. The average Bonchev–Trinajstić information content (AvgIpc) is 2.84. The number of rotatable bonds is 6. The number of sulfonamides is 1. The largest absolute Gasteiger partial charge is 0.495 e. The van der Waals surface area contributed by atoms with Crippen LogP contribution in [0.3, 0.4) is 0 Å². The molecule has 3 aromatic carbocycles. The van der Waals surface area contributed by atoms with E-state index in [1.807, 2.05) is 29.2 Å². The molecule has 1 fully saturated rings. The molecule has 0 unspecified atom stereocenters. The second-order valence-corrected chi connectivity index (χ2v) is 9.13. The molecule has 1 aliphatic rings. The quantitative estimate of drug-likeness (QED) is 0.621. The predicted octanol–water partition coefficient (Wildman–Crippen LogP) is 3.46. The summed E-state index contributed by atoms with van der Waals surface area (Å²) >= 11 is 0. The summed E-state index contributed by atoms with van der Waals surface area (Å²) in [5.41, 5.74) is 1.96. The van der Waals surface area contributed by atoms with Gasteiger partial charge in [-0.05, 0) is 48.5 Å². The number of carbonyl (C=O) groups excluding carboxylic acids is 1. The fraction of sp³-hybridized carbons (Fsp3) is 0.208. The van der Waals surface area contributed by atoms with E-state index in [1.165, 1.54) is 12.1 Å². The zero-order valence-electron chi connectivity index (χ0n) is 17.8. The Morgan fingerprint density at radius 1 is 0.844 bits per heavy atom. The van der Waals surface area contributed by atoms with Crippen molar-refractivity contribution < 1.29 is 17.9 Å². The number of amides is 1. The highest BCUT2D eigenvalue weighted by molar-refractivity contribution is 7.92. The molecule has 0 spiro atoms. The van der Waals surface area contributed by atoms with E-state index >= 15 is 0 Å². The molecule has 0 saturated carbocycles. The Morgan fingerprint density at radius 2 is 1.47 bits per heavy atom. The zero-order valence-corrected chi connectivity index (χ0v) is 18.6. The van der Waals surface area contributed by atoms with Gasteiger partial charge in [-0.25, -0.2) is 8.42 Å². The molecular weight excluding hydrogens is 426 g/mol. The van der Waals surface area contributed by atoms with Gasteiger partial charge >= 0.3 is 0 Å². The minimum absolute atomic E-state index is 0.0675. The molecular formula is C24H25N3O4S. The van der Waals surface area contributed by atoms with Crippen LogP contribution in [0.2, 0.25) is 0 Å². The lowest BCUT2D eigenvalue weighted by molar-refractivity contribution is 0.0746. The highest BCUT2D eigenvalue weighted by atomic mass is 32.2. The number of nitrogens with one attached hydrogen (secondary N) is 1. The zero-order chi connectivity index (χ0) is 22.6. The van der Waals surface area contributed by atoms with Gasteiger partial charge in [0.05, 0.1) is 17.7 Å². The molecule has 1 amide bonds. The summed E-state index contributed by atoms with van der Waals surface area (Å²) in [6, 6.07) is 22.5. The number of nitrogens with zero attached hydrogens (tertiary/aromatic N) is 2. The summed E-state index contributed by atoms with van der Waals surface area (Å²) in [5, 5.41) is 0. The van der Waals surface area contributed by atoms with Gasteiger partial charge in [0, 0.05) is 37.4 Å². The fourth-order valence-electron chi connectivity index (χ4n) is 3.72. The third kappa shape index (κ3) is 4.70. The van der Waals surface area contributed by atoms with Crippen LogP contribution >= 0.6 is 0 Å². The van der Waals surface area contributed by atoms with Crippen molar-refractivity contribution in [1.82, 2.24) is 4.90 Å². The molecule has 1 saturated heterocycles. The third-order valence-electron chi connectivity index (χ3n) is 5.43. The highest BCUT2D eigenvalue weighted by Crippen LogP contribution is 2.28. The van der Waals surface area contributed by atoms with Gasteiger partial charge in [0.2, 0.25) is 0 Å². The fourth-order valence-corrected chi connectivity index (χ4v) is 4.80. The molecule has 3 aromatic rings. The number of para-hydroxylation sites is 2. The molecule has 4 rings (SSSR count). The van der Waals surface area contributed by atoms with Crippen LogP contribution in [0, 0.1) is 0 Å². The van der Waals surface area contributed by atoms with Gasteiger partial charge in [0.1, 0.15) is 5.75 Å². The summed E-state index contributed by atoms with van der Waals surface area (Å²) in [6.45, 7) is 2.61. The lowest BCUT2D eigenvalue weighted by atomic mass is 10.1. The van der Waals surface area contributed by atoms with Gasteiger partial charge in [-0.3, -0.25) is 9.52 Å². The number of anilines is 2. The van der Waals surface area contributed by atoms with E-state index in [0.717, 1.165) is 11.4 Å². The molecule has 0 atom stereocenters. The van der Waals surface area contributed by atoms with E-state index in [1.54, 1.807) is 49.6 Å². The summed E-state index contributed by atoms with van der Waals surface area (Å²) in [6.07, 6.45) is 0. The molecule has 0 bridgehead atoms. The number of methoxy groups -OCH3 is 1. The second kappa shape index (κ2) is 9.32. The minimum atomic E-state index is -3.67. The van der Waals surface area contributed by atoms with Crippen LogP contribution in [-0.4, -0.2) is 52.5 Å². The highest BCUT2D eigenvalue weighted by Gasteiger charge is 2.24. The number of ether oxygens (including phenoxy) is 1. The van der Waals surface area contributed by atoms with Crippen molar-refractivity contribution in [3.8, 4) is 5.75 Å². The van der Waals surface area contributed by atoms with Crippen LogP contribution in [0.4, 0.5) is 11.4 Å². The first-order valence-electron chi connectivity index (χ1n) is 10.3. The van der Waals surface area contributed by atoms with E-state index < -0.39 is 10.0 Å². The number of hydrogen-bond donors (Lipinski definition) is 1. The third-order valence-corrected chi connectivity index (χ3v) is 6.83. The Labute approximate surface area is 188 Å². The van der Waals surface area contributed by atoms with Crippen LogP contribution in [0.1, 0.15) is 10.4 Å². The van der Waals surface area contributed by atoms with Crippen molar-refractivity contribution in [2.75, 3.05) is 42.9 Å². The van der Waals surface area contributed by atoms with Crippen LogP contribution < -0.4 is 14.4 Å². The Balaban J connectivity index is 1.38. The van der Waals surface area contributed by atoms with Crippen molar-refractivity contribution in [3.63, 3.8) is 0 Å². The van der Waals surface area contributed by atoms with E-state index in [9.17, 15) is 13.2 Å². The standard InChI is InChI=1S/C24H25N3O4S/c1-31-23-10-6-5-9-22(23)26-15-17-27(18-16-26)24(28)19-11-13-20(14-12-19)25-32(29,30)21-7-3-2-4-8-21/h2-14,25H,15-18H2,1H3. The maximum Gasteiger partial charge on any atom is 0.261 e. The predicted molar refractivity (Wildman–Crippen MR) is 125 cm³/mol. The topological polar surface area (TPSA) is 79.0 Å². The summed E-state index contributed by atoms with van der Waals surface area (Å²) in [7, 11) is -2.01. The SMILES string of the molecule is COc1ccccc1N1CCN(C(=O)c2ccc(NS(=O)(=O)c3ccccc3)cc2)CC1. The van der Waals surface area contributed by atoms with Gasteiger partial charge in [-0.2, -0.15) is 0 Å². The Morgan fingerprint density at radius 3 is 2.12 bits per heavy atom. The van der Waals surface area contributed by atoms with Gasteiger partial charge in [0.15, 0.2) is 0 Å². The van der Waals surface area contributed by atoms with Gasteiger partial charge < -0.3 is 14.5 Å². The molecule has 1 aliphatic heterocycles. The Bertz CT molecular complexity index is 1170. The Kier molecular flexibility index (Phi) is 6.32. The number of hydrogen-bond acceptors (Lipinski definition) is 5. The number of carbonyl (C=O) groups is 1. The number of piperazine rings is 1. The van der Waals surface area contributed by atoms with E-state index in [2.05, 4.69) is 9.62 Å². The minimum Gasteiger partial charge on any atom is -0.495 e. The molecule has 0 radical (unpaired) electrons.